The van der Waals surface area contributed by atoms with Gasteiger partial charge in [0.15, 0.2) is 5.82 Å². The highest BCUT2D eigenvalue weighted by Gasteiger charge is 2.53. The van der Waals surface area contributed by atoms with E-state index in [2.05, 4.69) is 21.5 Å². The molecule has 0 aromatic carbocycles. The van der Waals surface area contributed by atoms with Gasteiger partial charge in [-0.15, -0.1) is 6.58 Å². The van der Waals surface area contributed by atoms with Crippen LogP contribution in [0.3, 0.4) is 0 Å². The predicted octanol–water partition coefficient (Wildman–Crippen LogP) is 4.64. The summed E-state index contributed by atoms with van der Waals surface area (Å²) in [4.78, 5) is 34.7. The van der Waals surface area contributed by atoms with Gasteiger partial charge in [-0.2, -0.15) is 0 Å². The SMILES string of the molecule is C=CCCn1cc(-c2cc(C3(S(C)(=N)=O)CC3)nc(-c3ccnc4ccncc34)n2)c2cc[nH]c2c1=O. The Kier molecular flexibility index (Phi) is 5.30. The van der Waals surface area contributed by atoms with Gasteiger partial charge in [0.25, 0.3) is 5.56 Å². The summed E-state index contributed by atoms with van der Waals surface area (Å²) in [5.41, 5.74) is 3.81. The van der Waals surface area contributed by atoms with E-state index in [1.165, 1.54) is 6.26 Å². The Morgan fingerprint density at radius 3 is 2.78 bits per heavy atom. The zero-order valence-electron chi connectivity index (χ0n) is 20.3. The number of aromatic amines is 1. The van der Waals surface area contributed by atoms with Crippen molar-refractivity contribution < 1.29 is 4.21 Å². The number of fused-ring (bicyclic) bond motifs is 2. The molecule has 1 atom stereocenters. The lowest BCUT2D eigenvalue weighted by Gasteiger charge is -2.18. The number of rotatable bonds is 7. The third-order valence-corrected chi connectivity index (χ3v) is 9.18. The summed E-state index contributed by atoms with van der Waals surface area (Å²) in [5, 5.41) is 1.54. The molecular formula is C27H25N7O2S. The van der Waals surface area contributed by atoms with Crippen LogP contribution in [-0.2, 0) is 21.0 Å². The first-order valence-electron chi connectivity index (χ1n) is 12.0. The zero-order valence-corrected chi connectivity index (χ0v) is 21.1. The molecular weight excluding hydrogens is 486 g/mol. The van der Waals surface area contributed by atoms with Crippen molar-refractivity contribution in [1.29, 1.82) is 4.78 Å². The topological polar surface area (TPSA) is 130 Å². The monoisotopic (exact) mass is 511 g/mol. The standard InChI is InChI=1S/C27H25N7O2S/c1-3-4-13-34-16-20(17-5-12-31-24(17)26(34)35)22-14-23(27(8-9-27)37(2,28)36)33-25(32-22)18-6-11-30-21-7-10-29-15-19(18)21/h3,5-7,10-12,14-16,28,31H,1,4,8-9,13H2,2H3. The van der Waals surface area contributed by atoms with Crippen LogP contribution in [0.5, 0.6) is 0 Å². The molecule has 1 aliphatic rings. The molecule has 1 unspecified atom stereocenters. The van der Waals surface area contributed by atoms with Gasteiger partial charge in [-0.3, -0.25) is 19.5 Å². The molecule has 5 heterocycles. The Bertz CT molecular complexity index is 1860. The van der Waals surface area contributed by atoms with Crippen LogP contribution in [0.2, 0.25) is 0 Å². The fraction of sp³-hybridized carbons (Fsp3) is 0.222. The molecule has 0 saturated heterocycles. The van der Waals surface area contributed by atoms with Crippen molar-refractivity contribution in [2.24, 2.45) is 0 Å². The molecule has 0 radical (unpaired) electrons. The maximum atomic E-state index is 13.1. The van der Waals surface area contributed by atoms with E-state index < -0.39 is 14.5 Å². The molecule has 1 saturated carbocycles. The van der Waals surface area contributed by atoms with Gasteiger partial charge in [0.1, 0.15) is 5.52 Å². The fourth-order valence-electron chi connectivity index (χ4n) is 4.88. The highest BCUT2D eigenvalue weighted by Crippen LogP contribution is 2.52. The van der Waals surface area contributed by atoms with Crippen molar-refractivity contribution in [3.63, 3.8) is 0 Å². The van der Waals surface area contributed by atoms with Crippen LogP contribution in [0, 0.1) is 4.78 Å². The summed E-state index contributed by atoms with van der Waals surface area (Å²) in [6.45, 7) is 4.26. The van der Waals surface area contributed by atoms with Gasteiger partial charge in [-0.05, 0) is 43.5 Å². The summed E-state index contributed by atoms with van der Waals surface area (Å²) in [5.74, 6) is 0.440. The number of pyridine rings is 3. The minimum Gasteiger partial charge on any atom is -0.357 e. The maximum Gasteiger partial charge on any atom is 0.274 e. The Balaban J connectivity index is 1.66. The lowest BCUT2D eigenvalue weighted by Crippen LogP contribution is -2.21. The number of H-pyrrole nitrogens is 1. The van der Waals surface area contributed by atoms with Crippen LogP contribution in [-0.4, -0.2) is 40.0 Å². The van der Waals surface area contributed by atoms with E-state index in [1.54, 1.807) is 35.4 Å². The summed E-state index contributed by atoms with van der Waals surface area (Å²) < 4.78 is 22.4. The van der Waals surface area contributed by atoms with Gasteiger partial charge in [0.2, 0.25) is 0 Å². The number of allylic oxidation sites excluding steroid dienone is 1. The van der Waals surface area contributed by atoms with E-state index in [4.69, 9.17) is 14.7 Å². The lowest BCUT2D eigenvalue weighted by atomic mass is 10.1. The van der Waals surface area contributed by atoms with Crippen LogP contribution in [0.25, 0.3) is 44.5 Å². The number of hydrogen-bond acceptors (Lipinski definition) is 7. The van der Waals surface area contributed by atoms with Crippen LogP contribution < -0.4 is 5.56 Å². The molecule has 1 fully saturated rings. The van der Waals surface area contributed by atoms with Crippen molar-refractivity contribution in [2.75, 3.05) is 6.26 Å². The summed E-state index contributed by atoms with van der Waals surface area (Å²) >= 11 is 0. The normalized spacial score (nSPS) is 16.0. The predicted molar refractivity (Wildman–Crippen MR) is 145 cm³/mol. The Morgan fingerprint density at radius 1 is 1.19 bits per heavy atom. The average Bonchev–Trinajstić information content (AvgIpc) is 3.59. The van der Waals surface area contributed by atoms with Gasteiger partial charge in [0, 0.05) is 65.7 Å². The van der Waals surface area contributed by atoms with Gasteiger partial charge in [-0.1, -0.05) is 6.08 Å². The van der Waals surface area contributed by atoms with E-state index in [1.807, 2.05) is 30.5 Å². The molecule has 6 rings (SSSR count). The van der Waals surface area contributed by atoms with E-state index in [9.17, 15) is 9.00 Å². The fourth-order valence-corrected chi connectivity index (χ4v) is 6.27. The number of hydrogen-bond donors (Lipinski definition) is 2. The second kappa shape index (κ2) is 8.45. The van der Waals surface area contributed by atoms with Gasteiger partial charge in [-0.25, -0.2) is 14.2 Å². The second-order valence-corrected chi connectivity index (χ2v) is 11.9. The Hall–Kier alpha value is -4.18. The molecule has 0 aliphatic heterocycles. The minimum absolute atomic E-state index is 0.118. The van der Waals surface area contributed by atoms with Crippen LogP contribution in [0.15, 0.2) is 72.7 Å². The minimum atomic E-state index is -2.93. The first kappa shape index (κ1) is 23.2. The quantitative estimate of drug-likeness (QED) is 0.306. The number of nitrogens with zero attached hydrogens (tertiary/aromatic N) is 5. The number of aryl methyl sites for hydroxylation is 1. The van der Waals surface area contributed by atoms with E-state index >= 15 is 0 Å². The first-order chi connectivity index (χ1) is 17.8. The van der Waals surface area contributed by atoms with E-state index in [0.717, 1.165) is 27.4 Å². The average molecular weight is 512 g/mol. The second-order valence-electron chi connectivity index (χ2n) is 9.44. The number of nitrogens with one attached hydrogen (secondary N) is 2. The van der Waals surface area contributed by atoms with Crippen LogP contribution in [0.4, 0.5) is 0 Å². The molecule has 0 spiro atoms. The first-order valence-corrected chi connectivity index (χ1v) is 13.9. The maximum absolute atomic E-state index is 13.1. The van der Waals surface area contributed by atoms with Crippen molar-refractivity contribution in [3.8, 4) is 22.6 Å². The lowest BCUT2D eigenvalue weighted by molar-refractivity contribution is 0.663. The molecule has 186 valence electrons. The number of aromatic nitrogens is 6. The van der Waals surface area contributed by atoms with Crippen molar-refractivity contribution in [1.82, 2.24) is 29.5 Å². The van der Waals surface area contributed by atoms with Gasteiger partial charge in [0.05, 0.1) is 31.4 Å². The zero-order chi connectivity index (χ0) is 25.8. The molecule has 1 aliphatic carbocycles. The molecule has 0 amide bonds. The third kappa shape index (κ3) is 3.75. The molecule has 10 heteroatoms. The summed E-state index contributed by atoms with van der Waals surface area (Å²) in [6.07, 6.45) is 13.8. The van der Waals surface area contributed by atoms with Crippen LogP contribution >= 0.6 is 0 Å². The van der Waals surface area contributed by atoms with Gasteiger partial charge < -0.3 is 9.55 Å². The van der Waals surface area contributed by atoms with E-state index in [0.29, 0.717) is 48.5 Å². The molecule has 5 aromatic rings. The summed E-state index contributed by atoms with van der Waals surface area (Å²) in [7, 11) is -2.93. The van der Waals surface area contributed by atoms with E-state index in [-0.39, 0.29) is 5.56 Å². The largest absolute Gasteiger partial charge is 0.357 e. The molecule has 5 aromatic heterocycles. The Labute approximate surface area is 213 Å². The van der Waals surface area contributed by atoms with Crippen molar-refractivity contribution >= 4 is 31.5 Å². The molecule has 9 nitrogen and oxygen atoms in total. The molecule has 37 heavy (non-hydrogen) atoms. The van der Waals surface area contributed by atoms with Crippen LogP contribution in [0.1, 0.15) is 25.0 Å². The smallest absolute Gasteiger partial charge is 0.274 e. The third-order valence-electron chi connectivity index (χ3n) is 7.07. The summed E-state index contributed by atoms with van der Waals surface area (Å²) in [6, 6.07) is 7.36. The highest BCUT2D eigenvalue weighted by atomic mass is 32.2. The van der Waals surface area contributed by atoms with Crippen molar-refractivity contribution in [2.45, 2.75) is 30.6 Å². The highest BCUT2D eigenvalue weighted by molar-refractivity contribution is 7.93. The molecule has 0 bridgehead atoms. The van der Waals surface area contributed by atoms with Gasteiger partial charge >= 0.3 is 0 Å². The molecule has 2 N–H and O–H groups in total. The Morgan fingerprint density at radius 2 is 2.03 bits per heavy atom. The van der Waals surface area contributed by atoms with Crippen molar-refractivity contribution in [3.05, 3.63) is 84.0 Å².